The zero-order valence-electron chi connectivity index (χ0n) is 17.2. The molecular formula is C21H22ClN3O4S2. The molecule has 1 aliphatic heterocycles. The summed E-state index contributed by atoms with van der Waals surface area (Å²) >= 11 is 7.72. The molecule has 1 saturated heterocycles. The van der Waals surface area contributed by atoms with Gasteiger partial charge in [-0.1, -0.05) is 29.0 Å². The van der Waals surface area contributed by atoms with Gasteiger partial charge in [-0.3, -0.25) is 4.79 Å². The number of rotatable bonds is 4. The van der Waals surface area contributed by atoms with E-state index in [1.165, 1.54) is 39.9 Å². The van der Waals surface area contributed by atoms with Gasteiger partial charge in [0.05, 0.1) is 33.3 Å². The number of carbonyl (C=O) groups is 1. The summed E-state index contributed by atoms with van der Waals surface area (Å²) in [7, 11) is -3.61. The van der Waals surface area contributed by atoms with Gasteiger partial charge < -0.3 is 9.30 Å². The van der Waals surface area contributed by atoms with E-state index in [2.05, 4.69) is 4.99 Å². The monoisotopic (exact) mass is 479 g/mol. The Morgan fingerprint density at radius 2 is 1.84 bits per heavy atom. The molecule has 10 heteroatoms. The second-order valence-corrected chi connectivity index (χ2v) is 10.5. The molecule has 2 aromatic carbocycles. The minimum Gasteiger partial charge on any atom is -0.379 e. The molecule has 1 amide bonds. The lowest BCUT2D eigenvalue weighted by Gasteiger charge is -2.26. The Kier molecular flexibility index (Phi) is 6.32. The van der Waals surface area contributed by atoms with Gasteiger partial charge >= 0.3 is 0 Å². The lowest BCUT2D eigenvalue weighted by Crippen LogP contribution is -2.40. The molecule has 0 N–H and O–H groups in total. The molecule has 1 aliphatic rings. The third-order valence-corrected chi connectivity index (χ3v) is 8.65. The van der Waals surface area contributed by atoms with E-state index in [4.69, 9.17) is 16.3 Å². The third-order valence-electron chi connectivity index (χ3n) is 5.20. The quantitative estimate of drug-likeness (QED) is 0.574. The van der Waals surface area contributed by atoms with E-state index in [9.17, 15) is 13.2 Å². The molecule has 7 nitrogen and oxygen atoms in total. The number of aromatic nitrogens is 1. The Bertz CT molecular complexity index is 1300. The molecule has 1 fully saturated rings. The largest absolute Gasteiger partial charge is 0.379 e. The van der Waals surface area contributed by atoms with Gasteiger partial charge in [-0.2, -0.15) is 9.30 Å². The average Bonchev–Trinajstić information content (AvgIpc) is 3.16. The summed E-state index contributed by atoms with van der Waals surface area (Å²) < 4.78 is 35.0. The highest BCUT2D eigenvalue weighted by molar-refractivity contribution is 7.89. The molecule has 3 aromatic rings. The topological polar surface area (TPSA) is 81.0 Å². The number of amides is 1. The van der Waals surface area contributed by atoms with E-state index in [1.807, 2.05) is 30.5 Å². The van der Waals surface area contributed by atoms with Crippen molar-refractivity contribution in [3.05, 3.63) is 57.3 Å². The zero-order chi connectivity index (χ0) is 22.2. The first-order valence-corrected chi connectivity index (χ1v) is 12.5. The number of morpholine rings is 1. The third kappa shape index (κ3) is 4.20. The normalized spacial score (nSPS) is 16.2. The molecule has 31 heavy (non-hydrogen) atoms. The van der Waals surface area contributed by atoms with Crippen molar-refractivity contribution >= 4 is 49.1 Å². The summed E-state index contributed by atoms with van der Waals surface area (Å²) in [5, 5.41) is 0.624. The van der Waals surface area contributed by atoms with E-state index in [0.717, 1.165) is 15.8 Å². The summed E-state index contributed by atoms with van der Waals surface area (Å²) in [4.78, 5) is 17.8. The van der Waals surface area contributed by atoms with Crippen molar-refractivity contribution in [3.63, 3.8) is 0 Å². The number of sulfonamides is 1. The van der Waals surface area contributed by atoms with Gasteiger partial charge in [-0.05, 0) is 49.7 Å². The van der Waals surface area contributed by atoms with Crippen LogP contribution in [0, 0.1) is 6.92 Å². The Morgan fingerprint density at radius 3 is 2.48 bits per heavy atom. The van der Waals surface area contributed by atoms with Crippen LogP contribution in [0.3, 0.4) is 0 Å². The molecular weight excluding hydrogens is 458 g/mol. The Morgan fingerprint density at radius 1 is 1.16 bits per heavy atom. The maximum absolute atomic E-state index is 12.8. The molecule has 0 saturated carbocycles. The van der Waals surface area contributed by atoms with Crippen molar-refractivity contribution in [1.29, 1.82) is 0 Å². The number of aryl methyl sites for hydroxylation is 2. The van der Waals surface area contributed by atoms with Gasteiger partial charge in [0.25, 0.3) is 5.91 Å². The van der Waals surface area contributed by atoms with Crippen LogP contribution in [0.2, 0.25) is 5.02 Å². The minimum atomic E-state index is -3.61. The molecule has 0 bridgehead atoms. The first-order chi connectivity index (χ1) is 14.8. The Balaban J connectivity index is 1.67. The van der Waals surface area contributed by atoms with Gasteiger partial charge in [0.15, 0.2) is 4.80 Å². The average molecular weight is 480 g/mol. The summed E-state index contributed by atoms with van der Waals surface area (Å²) in [5.74, 6) is -0.433. The van der Waals surface area contributed by atoms with Crippen LogP contribution in [-0.2, 0) is 21.3 Å². The molecule has 0 atom stereocenters. The molecule has 0 spiro atoms. The van der Waals surface area contributed by atoms with Gasteiger partial charge in [-0.15, -0.1) is 0 Å². The first-order valence-electron chi connectivity index (χ1n) is 9.88. The lowest BCUT2D eigenvalue weighted by molar-refractivity contribution is 0.0730. The summed E-state index contributed by atoms with van der Waals surface area (Å²) in [5.41, 5.74) is 2.35. The van der Waals surface area contributed by atoms with Gasteiger partial charge in [0.1, 0.15) is 0 Å². The number of benzene rings is 2. The molecule has 4 rings (SSSR count). The predicted molar refractivity (Wildman–Crippen MR) is 121 cm³/mol. The number of thiazole rings is 1. The predicted octanol–water partition coefficient (Wildman–Crippen LogP) is 3.45. The second kappa shape index (κ2) is 8.84. The second-order valence-electron chi connectivity index (χ2n) is 7.13. The van der Waals surface area contributed by atoms with Crippen molar-refractivity contribution < 1.29 is 17.9 Å². The Hall–Kier alpha value is -2.04. The van der Waals surface area contributed by atoms with E-state index in [1.54, 1.807) is 0 Å². The SMILES string of the molecule is CCn1c(=NC(=O)c2ccc(S(=O)(=O)N3CCOCC3)cc2)sc2c(Cl)ccc(C)c21. The van der Waals surface area contributed by atoms with E-state index in [0.29, 0.717) is 48.2 Å². The van der Waals surface area contributed by atoms with Crippen molar-refractivity contribution in [3.8, 4) is 0 Å². The Labute approximate surface area is 189 Å². The van der Waals surface area contributed by atoms with Crippen LogP contribution in [0.25, 0.3) is 10.2 Å². The minimum absolute atomic E-state index is 0.152. The summed E-state index contributed by atoms with van der Waals surface area (Å²) in [6.45, 7) is 6.03. The molecule has 0 unspecified atom stereocenters. The first kappa shape index (κ1) is 22.2. The standard InChI is InChI=1S/C21H22ClN3O4S2/c1-3-25-18-14(2)4-9-17(22)19(18)30-21(25)23-20(26)15-5-7-16(8-6-15)31(27,28)24-10-12-29-13-11-24/h4-9H,3,10-13H2,1-2H3. The van der Waals surface area contributed by atoms with Crippen LogP contribution in [-0.4, -0.2) is 49.5 Å². The number of halogens is 1. The summed E-state index contributed by atoms with van der Waals surface area (Å²) in [6.07, 6.45) is 0. The molecule has 164 valence electrons. The van der Waals surface area contributed by atoms with Gasteiger partial charge in [0.2, 0.25) is 10.0 Å². The number of nitrogens with zero attached hydrogens (tertiary/aromatic N) is 3. The van der Waals surface area contributed by atoms with Crippen LogP contribution in [0.1, 0.15) is 22.8 Å². The number of carbonyl (C=O) groups excluding carboxylic acids is 1. The number of hydrogen-bond acceptors (Lipinski definition) is 5. The molecule has 1 aromatic heterocycles. The highest BCUT2D eigenvalue weighted by Gasteiger charge is 2.26. The van der Waals surface area contributed by atoms with Crippen LogP contribution >= 0.6 is 22.9 Å². The van der Waals surface area contributed by atoms with E-state index < -0.39 is 15.9 Å². The van der Waals surface area contributed by atoms with Crippen LogP contribution in [0.15, 0.2) is 46.3 Å². The fraction of sp³-hybridized carbons (Fsp3) is 0.333. The lowest BCUT2D eigenvalue weighted by atomic mass is 10.2. The fourth-order valence-electron chi connectivity index (χ4n) is 3.55. The van der Waals surface area contributed by atoms with Gasteiger partial charge in [0, 0.05) is 25.2 Å². The molecule has 0 aliphatic carbocycles. The van der Waals surface area contributed by atoms with Crippen molar-refractivity contribution in [2.45, 2.75) is 25.3 Å². The maximum Gasteiger partial charge on any atom is 0.279 e. The molecule has 2 heterocycles. The summed E-state index contributed by atoms with van der Waals surface area (Å²) in [6, 6.07) is 9.69. The number of hydrogen-bond donors (Lipinski definition) is 0. The molecule has 0 radical (unpaired) electrons. The maximum atomic E-state index is 12.8. The van der Waals surface area contributed by atoms with Crippen LogP contribution < -0.4 is 4.80 Å². The fourth-order valence-corrected chi connectivity index (χ4v) is 6.40. The van der Waals surface area contributed by atoms with Crippen LogP contribution in [0.5, 0.6) is 0 Å². The number of fused-ring (bicyclic) bond motifs is 1. The highest BCUT2D eigenvalue weighted by Crippen LogP contribution is 2.29. The highest BCUT2D eigenvalue weighted by atomic mass is 35.5. The van der Waals surface area contributed by atoms with Crippen molar-refractivity contribution in [2.24, 2.45) is 4.99 Å². The van der Waals surface area contributed by atoms with Gasteiger partial charge in [-0.25, -0.2) is 8.42 Å². The van der Waals surface area contributed by atoms with E-state index in [-0.39, 0.29) is 4.90 Å². The van der Waals surface area contributed by atoms with Crippen molar-refractivity contribution in [2.75, 3.05) is 26.3 Å². The van der Waals surface area contributed by atoms with Crippen molar-refractivity contribution in [1.82, 2.24) is 8.87 Å². The zero-order valence-corrected chi connectivity index (χ0v) is 19.6. The van der Waals surface area contributed by atoms with E-state index >= 15 is 0 Å². The number of ether oxygens (including phenoxy) is 1. The van der Waals surface area contributed by atoms with Crippen LogP contribution in [0.4, 0.5) is 0 Å². The smallest absolute Gasteiger partial charge is 0.279 e.